The van der Waals surface area contributed by atoms with Crippen LogP contribution in [0.5, 0.6) is 0 Å². The quantitative estimate of drug-likeness (QED) is 0.688. The van der Waals surface area contributed by atoms with Crippen LogP contribution in [0.4, 0.5) is 0 Å². The molecule has 0 bridgehead atoms. The van der Waals surface area contributed by atoms with Crippen LogP contribution >= 0.6 is 0 Å². The molecular weight excluding hydrogens is 192 g/mol. The fraction of sp³-hybridized carbons (Fsp3) is 0.455. The van der Waals surface area contributed by atoms with Crippen molar-refractivity contribution in [3.05, 3.63) is 24.3 Å². The van der Waals surface area contributed by atoms with Crippen molar-refractivity contribution in [2.45, 2.75) is 33.7 Å². The lowest BCUT2D eigenvalue weighted by Gasteiger charge is -2.02. The van der Waals surface area contributed by atoms with Crippen LogP contribution in [-0.4, -0.2) is 17.9 Å². The largest absolute Gasteiger partial charge is 0.366 e. The molecule has 0 saturated heterocycles. The zero-order valence-electron chi connectivity index (χ0n) is 9.83. The highest BCUT2D eigenvalue weighted by Gasteiger charge is 1.93. The molecule has 3 N–H and O–H groups in total. The van der Waals surface area contributed by atoms with Gasteiger partial charge in [0.1, 0.15) is 0 Å². The molecular formula is C11H20N2O2. The van der Waals surface area contributed by atoms with Crippen LogP contribution in [0.3, 0.4) is 0 Å². The predicted molar refractivity (Wildman–Crippen MR) is 62.1 cm³/mol. The number of allylic oxidation sites excluding steroid dienone is 1. The molecule has 4 heteroatoms. The van der Waals surface area contributed by atoms with Crippen molar-refractivity contribution in [2.75, 3.05) is 0 Å². The van der Waals surface area contributed by atoms with Crippen LogP contribution in [0.25, 0.3) is 0 Å². The molecule has 0 aliphatic rings. The molecule has 0 saturated carbocycles. The molecule has 0 heterocycles. The molecule has 15 heavy (non-hydrogen) atoms. The summed E-state index contributed by atoms with van der Waals surface area (Å²) in [6.45, 7) is 10.6. The zero-order chi connectivity index (χ0) is 12.4. The maximum Gasteiger partial charge on any atom is 0.243 e. The Hall–Kier alpha value is -1.58. The molecule has 0 atom stereocenters. The van der Waals surface area contributed by atoms with Gasteiger partial charge in [-0.1, -0.05) is 12.7 Å². The Bertz CT molecular complexity index is 255. The number of hydrogen-bond donors (Lipinski definition) is 2. The highest BCUT2D eigenvalue weighted by molar-refractivity contribution is 5.91. The van der Waals surface area contributed by atoms with Crippen LogP contribution in [0, 0.1) is 0 Å². The average molecular weight is 212 g/mol. The molecule has 0 unspecified atom stereocenters. The Morgan fingerprint density at radius 3 is 1.93 bits per heavy atom. The van der Waals surface area contributed by atoms with E-state index in [0.717, 1.165) is 0 Å². The van der Waals surface area contributed by atoms with Crippen LogP contribution < -0.4 is 11.1 Å². The van der Waals surface area contributed by atoms with E-state index >= 15 is 0 Å². The van der Waals surface area contributed by atoms with Crippen molar-refractivity contribution in [2.24, 2.45) is 5.73 Å². The highest BCUT2D eigenvalue weighted by atomic mass is 16.1. The van der Waals surface area contributed by atoms with Gasteiger partial charge in [-0.25, -0.2) is 0 Å². The zero-order valence-corrected chi connectivity index (χ0v) is 9.83. The third kappa shape index (κ3) is 12.4. The molecule has 2 amide bonds. The molecule has 0 aliphatic heterocycles. The van der Waals surface area contributed by atoms with E-state index in [1.54, 1.807) is 19.9 Å². The molecule has 0 fully saturated rings. The van der Waals surface area contributed by atoms with Gasteiger partial charge in [0.05, 0.1) is 0 Å². The Labute approximate surface area is 91.2 Å². The normalized spacial score (nSPS) is 10.1. The van der Waals surface area contributed by atoms with Gasteiger partial charge in [0.25, 0.3) is 0 Å². The standard InChI is InChI=1S/C6H11NO.C5H9NO/c1-4-6(8)7-5(2)3;1-3-4(2)5(6)7/h4-5H,1H2,2-3H3,(H,7,8);3H,1-2H3,(H2,6,7)/b;4-3+. The number of hydrogen-bond acceptors (Lipinski definition) is 2. The first-order chi connectivity index (χ1) is 6.84. The van der Waals surface area contributed by atoms with Gasteiger partial charge >= 0.3 is 0 Å². The maximum atomic E-state index is 10.4. The van der Waals surface area contributed by atoms with E-state index < -0.39 is 0 Å². The lowest BCUT2D eigenvalue weighted by molar-refractivity contribution is -0.117. The van der Waals surface area contributed by atoms with Crippen molar-refractivity contribution in [1.82, 2.24) is 5.32 Å². The van der Waals surface area contributed by atoms with E-state index in [1.165, 1.54) is 6.08 Å². The highest BCUT2D eigenvalue weighted by Crippen LogP contribution is 1.85. The van der Waals surface area contributed by atoms with Gasteiger partial charge < -0.3 is 11.1 Å². The molecule has 0 rings (SSSR count). The lowest BCUT2D eigenvalue weighted by Crippen LogP contribution is -2.27. The minimum Gasteiger partial charge on any atom is -0.366 e. The second-order valence-corrected chi connectivity index (χ2v) is 3.20. The number of carbonyl (C=O) groups excluding carboxylic acids is 2. The average Bonchev–Trinajstić information content (AvgIpc) is 2.16. The number of nitrogens with two attached hydrogens (primary N) is 1. The van der Waals surface area contributed by atoms with Crippen LogP contribution in [0.2, 0.25) is 0 Å². The minimum absolute atomic E-state index is 0.111. The second-order valence-electron chi connectivity index (χ2n) is 3.20. The van der Waals surface area contributed by atoms with Gasteiger partial charge in [0.2, 0.25) is 11.8 Å². The molecule has 86 valence electrons. The second kappa shape index (κ2) is 8.99. The Morgan fingerprint density at radius 1 is 1.40 bits per heavy atom. The molecule has 0 aromatic rings. The smallest absolute Gasteiger partial charge is 0.243 e. The third-order valence-electron chi connectivity index (χ3n) is 1.44. The van der Waals surface area contributed by atoms with E-state index in [2.05, 4.69) is 11.9 Å². The fourth-order valence-corrected chi connectivity index (χ4v) is 0.486. The minimum atomic E-state index is -0.345. The maximum absolute atomic E-state index is 10.4. The van der Waals surface area contributed by atoms with Crippen molar-refractivity contribution in [3.8, 4) is 0 Å². The van der Waals surface area contributed by atoms with Gasteiger partial charge in [0.15, 0.2) is 0 Å². The number of nitrogens with one attached hydrogen (secondary N) is 1. The predicted octanol–water partition coefficient (Wildman–Crippen LogP) is 1.13. The molecule has 0 aromatic heterocycles. The first kappa shape index (κ1) is 15.9. The monoisotopic (exact) mass is 212 g/mol. The summed E-state index contributed by atoms with van der Waals surface area (Å²) in [6.07, 6.45) is 2.95. The van der Waals surface area contributed by atoms with Gasteiger partial charge in [-0.05, 0) is 33.8 Å². The van der Waals surface area contributed by atoms with Gasteiger partial charge in [-0.2, -0.15) is 0 Å². The summed E-state index contributed by atoms with van der Waals surface area (Å²) in [4.78, 5) is 20.5. The van der Waals surface area contributed by atoms with Gasteiger partial charge in [0, 0.05) is 11.6 Å². The number of primary amides is 1. The van der Waals surface area contributed by atoms with Crippen molar-refractivity contribution in [1.29, 1.82) is 0 Å². The van der Waals surface area contributed by atoms with Gasteiger partial charge in [-0.3, -0.25) is 9.59 Å². The summed E-state index contributed by atoms with van der Waals surface area (Å²) in [5, 5.41) is 2.64. The first-order valence-corrected chi connectivity index (χ1v) is 4.70. The number of carbonyl (C=O) groups is 2. The lowest BCUT2D eigenvalue weighted by atomic mass is 10.3. The van der Waals surface area contributed by atoms with Crippen molar-refractivity contribution in [3.63, 3.8) is 0 Å². The number of amides is 2. The summed E-state index contributed by atoms with van der Waals surface area (Å²) in [6, 6.07) is 0.209. The summed E-state index contributed by atoms with van der Waals surface area (Å²) < 4.78 is 0. The Morgan fingerprint density at radius 2 is 1.87 bits per heavy atom. The molecule has 0 aliphatic carbocycles. The summed E-state index contributed by atoms with van der Waals surface area (Å²) in [7, 11) is 0. The Kier molecular flexibility index (Phi) is 9.52. The molecule has 0 aromatic carbocycles. The van der Waals surface area contributed by atoms with E-state index in [-0.39, 0.29) is 17.9 Å². The van der Waals surface area contributed by atoms with Crippen LogP contribution in [0.15, 0.2) is 24.3 Å². The summed E-state index contributed by atoms with van der Waals surface area (Å²) in [5.41, 5.74) is 5.45. The molecule has 4 nitrogen and oxygen atoms in total. The Balaban J connectivity index is 0. The molecule has 0 radical (unpaired) electrons. The van der Waals surface area contributed by atoms with E-state index in [4.69, 9.17) is 5.73 Å². The summed E-state index contributed by atoms with van der Waals surface area (Å²) in [5.74, 6) is -0.456. The molecule has 0 spiro atoms. The van der Waals surface area contributed by atoms with Crippen LogP contribution in [0.1, 0.15) is 27.7 Å². The first-order valence-electron chi connectivity index (χ1n) is 4.70. The third-order valence-corrected chi connectivity index (χ3v) is 1.44. The van der Waals surface area contributed by atoms with E-state index in [1.807, 2.05) is 13.8 Å². The van der Waals surface area contributed by atoms with Crippen molar-refractivity contribution < 1.29 is 9.59 Å². The van der Waals surface area contributed by atoms with E-state index in [0.29, 0.717) is 5.57 Å². The van der Waals surface area contributed by atoms with E-state index in [9.17, 15) is 9.59 Å². The van der Waals surface area contributed by atoms with Gasteiger partial charge in [-0.15, -0.1) is 0 Å². The number of rotatable bonds is 3. The SMILES string of the molecule is C/C=C(\C)C(N)=O.C=CC(=O)NC(C)C. The summed E-state index contributed by atoms with van der Waals surface area (Å²) >= 11 is 0. The van der Waals surface area contributed by atoms with Crippen molar-refractivity contribution >= 4 is 11.8 Å². The topological polar surface area (TPSA) is 72.2 Å². The van der Waals surface area contributed by atoms with Crippen LogP contribution in [-0.2, 0) is 9.59 Å². The fourth-order valence-electron chi connectivity index (χ4n) is 0.486.